The van der Waals surface area contributed by atoms with Gasteiger partial charge in [-0.05, 0) is 48.7 Å². The highest BCUT2D eigenvalue weighted by Crippen LogP contribution is 2.29. The number of imidazole rings is 1. The molecule has 43 heavy (non-hydrogen) atoms. The van der Waals surface area contributed by atoms with E-state index >= 15 is 0 Å². The Morgan fingerprint density at radius 2 is 1.81 bits per heavy atom. The lowest BCUT2D eigenvalue weighted by atomic mass is 10.0. The number of amides is 2. The molecule has 4 heterocycles. The van der Waals surface area contributed by atoms with E-state index in [1.165, 1.54) is 0 Å². The quantitative estimate of drug-likeness (QED) is 0.274. The molecule has 222 valence electrons. The highest BCUT2D eigenvalue weighted by atomic mass is 19.4. The van der Waals surface area contributed by atoms with Gasteiger partial charge in [0, 0.05) is 55.9 Å². The molecule has 5 aromatic rings. The lowest BCUT2D eigenvalue weighted by Crippen LogP contribution is -2.39. The summed E-state index contributed by atoms with van der Waals surface area (Å²) in [5.41, 5.74) is 5.22. The zero-order valence-corrected chi connectivity index (χ0v) is 23.3. The molecule has 1 fully saturated rings. The molecule has 13 heteroatoms. The van der Waals surface area contributed by atoms with Crippen LogP contribution in [0.1, 0.15) is 42.1 Å². The molecule has 1 N–H and O–H groups in total. The lowest BCUT2D eigenvalue weighted by molar-refractivity contribution is -0.142. The first-order valence-corrected chi connectivity index (χ1v) is 13.9. The van der Waals surface area contributed by atoms with E-state index in [-0.39, 0.29) is 11.9 Å². The van der Waals surface area contributed by atoms with Gasteiger partial charge in [-0.25, -0.2) is 4.98 Å². The Bertz CT molecular complexity index is 1780. The van der Waals surface area contributed by atoms with Crippen molar-refractivity contribution in [3.8, 4) is 16.8 Å². The van der Waals surface area contributed by atoms with Gasteiger partial charge in [0.25, 0.3) is 5.91 Å². The van der Waals surface area contributed by atoms with Gasteiger partial charge in [0.05, 0.1) is 41.5 Å². The van der Waals surface area contributed by atoms with Crippen molar-refractivity contribution in [3.05, 3.63) is 79.1 Å². The maximum Gasteiger partial charge on any atom is 0.389 e. The molecule has 0 unspecified atom stereocenters. The summed E-state index contributed by atoms with van der Waals surface area (Å²) in [5, 5.41) is 11.2. The summed E-state index contributed by atoms with van der Waals surface area (Å²) in [5.74, 6) is -0.697. The Balaban J connectivity index is 1.12. The number of hydrogen-bond donors (Lipinski definition) is 1. The zero-order chi connectivity index (χ0) is 30.1. The molecule has 6 rings (SSSR count). The molecule has 2 aromatic carbocycles. The van der Waals surface area contributed by atoms with Crippen LogP contribution in [0.2, 0.25) is 0 Å². The van der Waals surface area contributed by atoms with Crippen LogP contribution >= 0.6 is 0 Å². The van der Waals surface area contributed by atoms with Crippen molar-refractivity contribution in [1.82, 2.24) is 34.0 Å². The molecule has 0 saturated carbocycles. The number of carbonyl (C=O) groups excluding carboxylic acids is 2. The first-order chi connectivity index (χ1) is 20.6. The van der Waals surface area contributed by atoms with Crippen LogP contribution in [-0.4, -0.2) is 65.1 Å². The van der Waals surface area contributed by atoms with Gasteiger partial charge in [-0.1, -0.05) is 12.1 Å². The highest BCUT2D eigenvalue weighted by Gasteiger charge is 2.28. The molecular formula is C30H29F3N8O2. The van der Waals surface area contributed by atoms with E-state index in [9.17, 15) is 22.8 Å². The molecular weight excluding hydrogens is 561 g/mol. The predicted molar refractivity (Wildman–Crippen MR) is 154 cm³/mol. The second-order valence-electron chi connectivity index (χ2n) is 10.7. The van der Waals surface area contributed by atoms with Gasteiger partial charge >= 0.3 is 6.18 Å². The van der Waals surface area contributed by atoms with Crippen LogP contribution in [-0.2, 0) is 11.8 Å². The summed E-state index contributed by atoms with van der Waals surface area (Å²) in [6, 6.07) is 13.0. The predicted octanol–water partition coefficient (Wildman–Crippen LogP) is 5.38. The SMILES string of the molecule is Cn1cc(C(=O)N2CCC(n3cc(-c4ccc5c(c4)ncn5-c4cccc(NC(=O)CCC(F)(F)F)c4)cn3)CC2)cn1. The maximum absolute atomic E-state index is 12.7. The van der Waals surface area contributed by atoms with Gasteiger partial charge in [0.2, 0.25) is 5.91 Å². The second-order valence-corrected chi connectivity index (χ2v) is 10.7. The molecule has 0 aliphatic carbocycles. The van der Waals surface area contributed by atoms with Crippen molar-refractivity contribution in [1.29, 1.82) is 0 Å². The Labute approximate surface area is 244 Å². The Kier molecular flexibility index (Phi) is 7.46. The number of aryl methyl sites for hydroxylation is 1. The van der Waals surface area contributed by atoms with Crippen molar-refractivity contribution in [2.75, 3.05) is 18.4 Å². The number of halogens is 3. The van der Waals surface area contributed by atoms with E-state index in [0.29, 0.717) is 30.0 Å². The van der Waals surface area contributed by atoms with E-state index in [2.05, 4.69) is 20.5 Å². The van der Waals surface area contributed by atoms with E-state index in [1.807, 2.05) is 50.8 Å². The first-order valence-electron chi connectivity index (χ1n) is 13.9. The number of fused-ring (bicyclic) bond motifs is 1. The lowest BCUT2D eigenvalue weighted by Gasteiger charge is -2.31. The van der Waals surface area contributed by atoms with Crippen molar-refractivity contribution >= 4 is 28.5 Å². The minimum absolute atomic E-state index is 0.00199. The Morgan fingerprint density at radius 1 is 1.00 bits per heavy atom. The first kappa shape index (κ1) is 28.2. The number of carbonyl (C=O) groups is 2. The summed E-state index contributed by atoms with van der Waals surface area (Å²) in [4.78, 5) is 31.2. The van der Waals surface area contributed by atoms with Gasteiger partial charge in [-0.2, -0.15) is 23.4 Å². The number of aromatic nitrogens is 6. The minimum atomic E-state index is -4.38. The number of rotatable bonds is 7. The summed E-state index contributed by atoms with van der Waals surface area (Å²) in [6.45, 7) is 1.30. The number of nitrogens with one attached hydrogen (secondary N) is 1. The average Bonchev–Trinajstić information content (AvgIpc) is 3.75. The number of anilines is 1. The molecule has 3 aromatic heterocycles. The van der Waals surface area contributed by atoms with Crippen molar-refractivity contribution in [3.63, 3.8) is 0 Å². The van der Waals surface area contributed by atoms with Crippen LogP contribution in [0.4, 0.5) is 18.9 Å². The Hall–Kier alpha value is -4.94. The number of benzene rings is 2. The number of alkyl halides is 3. The van der Waals surface area contributed by atoms with Crippen molar-refractivity contribution in [2.45, 2.75) is 37.9 Å². The minimum Gasteiger partial charge on any atom is -0.338 e. The molecule has 1 aliphatic heterocycles. The number of nitrogens with zero attached hydrogens (tertiary/aromatic N) is 7. The normalized spacial score (nSPS) is 14.4. The smallest absolute Gasteiger partial charge is 0.338 e. The third-order valence-electron chi connectivity index (χ3n) is 7.60. The fourth-order valence-corrected chi connectivity index (χ4v) is 5.34. The van der Waals surface area contributed by atoms with E-state index < -0.39 is 24.9 Å². The summed E-state index contributed by atoms with van der Waals surface area (Å²) >= 11 is 0. The molecule has 10 nitrogen and oxygen atoms in total. The zero-order valence-electron chi connectivity index (χ0n) is 23.3. The fourth-order valence-electron chi connectivity index (χ4n) is 5.34. The van der Waals surface area contributed by atoms with Crippen LogP contribution in [0, 0.1) is 0 Å². The van der Waals surface area contributed by atoms with Gasteiger partial charge < -0.3 is 10.2 Å². The molecule has 0 spiro atoms. The summed E-state index contributed by atoms with van der Waals surface area (Å²) in [6.07, 6.45) is 4.27. The van der Waals surface area contributed by atoms with Gasteiger partial charge in [-0.3, -0.25) is 23.5 Å². The third-order valence-corrected chi connectivity index (χ3v) is 7.60. The van der Waals surface area contributed by atoms with Crippen LogP contribution in [0.15, 0.2) is 73.6 Å². The maximum atomic E-state index is 12.7. The third kappa shape index (κ3) is 6.30. The van der Waals surface area contributed by atoms with Gasteiger partial charge in [-0.15, -0.1) is 0 Å². The molecule has 1 aliphatic rings. The monoisotopic (exact) mass is 590 g/mol. The van der Waals surface area contributed by atoms with E-state index in [4.69, 9.17) is 0 Å². The molecule has 1 saturated heterocycles. The fraction of sp³-hybridized carbons (Fsp3) is 0.300. The van der Waals surface area contributed by atoms with Gasteiger partial charge in [0.1, 0.15) is 6.33 Å². The summed E-state index contributed by atoms with van der Waals surface area (Å²) in [7, 11) is 1.79. The largest absolute Gasteiger partial charge is 0.389 e. The van der Waals surface area contributed by atoms with Gasteiger partial charge in [0.15, 0.2) is 0 Å². The molecule has 0 atom stereocenters. The topological polar surface area (TPSA) is 103 Å². The number of piperidine rings is 1. The number of likely N-dealkylation sites (tertiary alicyclic amines) is 1. The van der Waals surface area contributed by atoms with Crippen LogP contribution < -0.4 is 5.32 Å². The standard InChI is InChI=1S/C30H29F3N8O2/c1-38-17-22(16-35-38)29(43)39-11-8-24(9-12-39)41-18-21(15-36-41)20-5-6-27-26(13-20)34-19-40(27)25-4-2-3-23(14-25)37-28(42)7-10-30(31,32)33/h2-6,13-19,24H,7-12H2,1H3,(H,37,42). The van der Waals surface area contributed by atoms with Crippen molar-refractivity contribution < 1.29 is 22.8 Å². The Morgan fingerprint density at radius 3 is 2.56 bits per heavy atom. The molecule has 0 radical (unpaired) electrons. The highest BCUT2D eigenvalue weighted by molar-refractivity contribution is 5.94. The van der Waals surface area contributed by atoms with Crippen molar-refractivity contribution in [2.24, 2.45) is 7.05 Å². The second kappa shape index (κ2) is 11.4. The van der Waals surface area contributed by atoms with Crippen LogP contribution in [0.3, 0.4) is 0 Å². The molecule has 2 amide bonds. The molecule has 0 bridgehead atoms. The summed E-state index contributed by atoms with van der Waals surface area (Å²) < 4.78 is 42.8. The average molecular weight is 591 g/mol. The number of hydrogen-bond acceptors (Lipinski definition) is 5. The van der Waals surface area contributed by atoms with E-state index in [1.54, 1.807) is 48.6 Å². The van der Waals surface area contributed by atoms with Crippen LogP contribution in [0.5, 0.6) is 0 Å². The van der Waals surface area contributed by atoms with Crippen LogP contribution in [0.25, 0.3) is 27.8 Å². The van der Waals surface area contributed by atoms with E-state index in [0.717, 1.165) is 35.0 Å².